The molecular formula is C19H26N2. The smallest absolute Gasteiger partial charge is 0.0702 e. The van der Waals surface area contributed by atoms with Crippen molar-refractivity contribution in [3.63, 3.8) is 0 Å². The first-order chi connectivity index (χ1) is 10.4. The monoisotopic (exact) mass is 282 g/mol. The molecule has 0 aliphatic heterocycles. The number of pyridine rings is 1. The van der Waals surface area contributed by atoms with Crippen LogP contribution in [0.25, 0.3) is 10.9 Å². The highest BCUT2D eigenvalue weighted by molar-refractivity contribution is 5.78. The van der Waals surface area contributed by atoms with Gasteiger partial charge in [0.25, 0.3) is 0 Å². The summed E-state index contributed by atoms with van der Waals surface area (Å²) in [6.07, 6.45) is 8.75. The molecule has 2 atom stereocenters. The molecular weight excluding hydrogens is 256 g/mol. The zero-order valence-corrected chi connectivity index (χ0v) is 13.0. The molecule has 1 fully saturated rings. The molecule has 2 nitrogen and oxygen atoms in total. The number of benzene rings is 1. The van der Waals surface area contributed by atoms with Gasteiger partial charge < -0.3 is 5.32 Å². The second-order valence-electron chi connectivity index (χ2n) is 6.32. The van der Waals surface area contributed by atoms with Crippen molar-refractivity contribution in [3.05, 3.63) is 42.1 Å². The number of para-hydroxylation sites is 1. The Hall–Kier alpha value is -1.41. The quantitative estimate of drug-likeness (QED) is 0.816. The van der Waals surface area contributed by atoms with E-state index in [1.54, 1.807) is 0 Å². The maximum absolute atomic E-state index is 4.67. The van der Waals surface area contributed by atoms with Crippen molar-refractivity contribution in [2.75, 3.05) is 13.1 Å². The van der Waals surface area contributed by atoms with Gasteiger partial charge in [-0.25, -0.2) is 0 Å². The molecule has 0 bridgehead atoms. The number of rotatable bonds is 5. The fourth-order valence-corrected chi connectivity index (χ4v) is 3.65. The molecule has 0 amide bonds. The van der Waals surface area contributed by atoms with Gasteiger partial charge >= 0.3 is 0 Å². The Morgan fingerprint density at radius 1 is 1.19 bits per heavy atom. The number of aromatic nitrogens is 1. The molecule has 1 aromatic carbocycles. The van der Waals surface area contributed by atoms with E-state index in [0.717, 1.165) is 24.5 Å². The highest BCUT2D eigenvalue weighted by atomic mass is 14.9. The minimum absolute atomic E-state index is 0.681. The second-order valence-corrected chi connectivity index (χ2v) is 6.32. The number of hydrogen-bond acceptors (Lipinski definition) is 2. The summed E-state index contributed by atoms with van der Waals surface area (Å²) in [6, 6.07) is 10.8. The highest BCUT2D eigenvalue weighted by Gasteiger charge is 2.26. The Balaban J connectivity index is 1.80. The van der Waals surface area contributed by atoms with Crippen molar-refractivity contribution in [1.29, 1.82) is 0 Å². The molecule has 1 aromatic heterocycles. The van der Waals surface area contributed by atoms with Crippen LogP contribution in [0.15, 0.2) is 36.5 Å². The van der Waals surface area contributed by atoms with Crippen LogP contribution in [0.4, 0.5) is 0 Å². The zero-order valence-electron chi connectivity index (χ0n) is 13.0. The lowest BCUT2D eigenvalue weighted by atomic mass is 9.75. The third-order valence-electron chi connectivity index (χ3n) is 4.78. The van der Waals surface area contributed by atoms with E-state index in [2.05, 4.69) is 53.8 Å². The molecule has 2 heteroatoms. The van der Waals surface area contributed by atoms with E-state index in [-0.39, 0.29) is 0 Å². The maximum atomic E-state index is 4.67. The number of hydrogen-bond donors (Lipinski definition) is 1. The van der Waals surface area contributed by atoms with E-state index >= 15 is 0 Å². The van der Waals surface area contributed by atoms with E-state index in [1.807, 2.05) is 0 Å². The maximum Gasteiger partial charge on any atom is 0.0702 e. The minimum atomic E-state index is 0.681. The SMILES string of the molecule is CCCNCC1CCCCC1c1cnc2ccccc2c1. The van der Waals surface area contributed by atoms with Gasteiger partial charge in [0, 0.05) is 11.6 Å². The summed E-state index contributed by atoms with van der Waals surface area (Å²) in [5, 5.41) is 4.90. The first-order valence-corrected chi connectivity index (χ1v) is 8.44. The first kappa shape index (κ1) is 14.5. The molecule has 2 aromatic rings. The Morgan fingerprint density at radius 2 is 2.05 bits per heavy atom. The first-order valence-electron chi connectivity index (χ1n) is 8.44. The van der Waals surface area contributed by atoms with E-state index in [0.29, 0.717) is 5.92 Å². The normalized spacial score (nSPS) is 22.5. The predicted molar refractivity (Wildman–Crippen MR) is 89.6 cm³/mol. The van der Waals surface area contributed by atoms with Crippen LogP contribution >= 0.6 is 0 Å². The topological polar surface area (TPSA) is 24.9 Å². The fourth-order valence-electron chi connectivity index (χ4n) is 3.65. The molecule has 1 heterocycles. The molecule has 0 spiro atoms. The third kappa shape index (κ3) is 3.44. The molecule has 1 aliphatic rings. The Labute approximate surface area is 128 Å². The lowest BCUT2D eigenvalue weighted by molar-refractivity contribution is 0.296. The summed E-state index contributed by atoms with van der Waals surface area (Å²) in [7, 11) is 0. The van der Waals surface area contributed by atoms with Crippen LogP contribution < -0.4 is 5.32 Å². The number of nitrogens with zero attached hydrogens (tertiary/aromatic N) is 1. The fraction of sp³-hybridized carbons (Fsp3) is 0.526. The van der Waals surface area contributed by atoms with Crippen molar-refractivity contribution >= 4 is 10.9 Å². The molecule has 2 unspecified atom stereocenters. The Bertz CT molecular complexity index is 579. The third-order valence-corrected chi connectivity index (χ3v) is 4.78. The summed E-state index contributed by atoms with van der Waals surface area (Å²) < 4.78 is 0. The van der Waals surface area contributed by atoms with Gasteiger partial charge in [-0.2, -0.15) is 0 Å². The summed E-state index contributed by atoms with van der Waals surface area (Å²) in [5.41, 5.74) is 2.55. The van der Waals surface area contributed by atoms with Crippen LogP contribution in [0, 0.1) is 5.92 Å². The van der Waals surface area contributed by atoms with Gasteiger partial charge in [-0.1, -0.05) is 38.0 Å². The molecule has 1 aliphatic carbocycles. The van der Waals surface area contributed by atoms with Gasteiger partial charge in [-0.3, -0.25) is 4.98 Å². The molecule has 112 valence electrons. The number of fused-ring (bicyclic) bond motifs is 1. The van der Waals surface area contributed by atoms with Crippen molar-refractivity contribution in [1.82, 2.24) is 10.3 Å². The van der Waals surface area contributed by atoms with E-state index in [9.17, 15) is 0 Å². The van der Waals surface area contributed by atoms with Gasteiger partial charge in [0.15, 0.2) is 0 Å². The average Bonchev–Trinajstić information content (AvgIpc) is 2.55. The standard InChI is InChI=1S/C19H26N2/c1-2-11-20-13-16-8-3-5-9-18(16)17-12-15-7-4-6-10-19(15)21-14-17/h4,6-7,10,12,14,16,18,20H,2-3,5,8-9,11,13H2,1H3. The highest BCUT2D eigenvalue weighted by Crippen LogP contribution is 2.37. The van der Waals surface area contributed by atoms with E-state index < -0.39 is 0 Å². The molecule has 0 saturated heterocycles. The second kappa shape index (κ2) is 7.04. The van der Waals surface area contributed by atoms with Gasteiger partial charge in [0.2, 0.25) is 0 Å². The summed E-state index contributed by atoms with van der Waals surface area (Å²) in [5.74, 6) is 1.45. The van der Waals surface area contributed by atoms with Crippen LogP contribution in [0.5, 0.6) is 0 Å². The number of nitrogens with one attached hydrogen (secondary N) is 1. The van der Waals surface area contributed by atoms with E-state index in [1.165, 1.54) is 43.1 Å². The van der Waals surface area contributed by atoms with Gasteiger partial charge in [0.05, 0.1) is 5.52 Å². The zero-order chi connectivity index (χ0) is 14.5. The summed E-state index contributed by atoms with van der Waals surface area (Å²) in [6.45, 7) is 4.53. The van der Waals surface area contributed by atoms with Crippen LogP contribution in [0.3, 0.4) is 0 Å². The molecule has 1 N–H and O–H groups in total. The van der Waals surface area contributed by atoms with Crippen LogP contribution in [0.2, 0.25) is 0 Å². The van der Waals surface area contributed by atoms with Crippen LogP contribution in [-0.2, 0) is 0 Å². The van der Waals surface area contributed by atoms with Crippen molar-refractivity contribution in [3.8, 4) is 0 Å². The summed E-state index contributed by atoms with van der Waals surface area (Å²) in [4.78, 5) is 4.67. The lowest BCUT2D eigenvalue weighted by Gasteiger charge is -2.32. The van der Waals surface area contributed by atoms with Crippen molar-refractivity contribution in [2.45, 2.75) is 44.9 Å². The predicted octanol–water partition coefficient (Wildman–Crippen LogP) is 4.51. The van der Waals surface area contributed by atoms with Gasteiger partial charge in [-0.15, -0.1) is 0 Å². The van der Waals surface area contributed by atoms with Crippen molar-refractivity contribution in [2.24, 2.45) is 5.92 Å². The van der Waals surface area contributed by atoms with Crippen LogP contribution in [0.1, 0.15) is 50.5 Å². The van der Waals surface area contributed by atoms with Gasteiger partial charge in [-0.05, 0) is 61.9 Å². The largest absolute Gasteiger partial charge is 0.316 e. The van der Waals surface area contributed by atoms with Crippen LogP contribution in [-0.4, -0.2) is 18.1 Å². The molecule has 0 radical (unpaired) electrons. The minimum Gasteiger partial charge on any atom is -0.316 e. The average molecular weight is 282 g/mol. The molecule has 3 rings (SSSR count). The molecule has 1 saturated carbocycles. The Morgan fingerprint density at radius 3 is 2.95 bits per heavy atom. The lowest BCUT2D eigenvalue weighted by Crippen LogP contribution is -2.30. The molecule has 21 heavy (non-hydrogen) atoms. The van der Waals surface area contributed by atoms with Crippen molar-refractivity contribution < 1.29 is 0 Å². The van der Waals surface area contributed by atoms with E-state index in [4.69, 9.17) is 0 Å². The Kier molecular flexibility index (Phi) is 4.87. The summed E-state index contributed by atoms with van der Waals surface area (Å²) >= 11 is 0. The van der Waals surface area contributed by atoms with Gasteiger partial charge in [0.1, 0.15) is 0 Å².